The molecule has 19 heavy (non-hydrogen) atoms. The average molecular weight is 262 g/mol. The first-order valence-corrected chi connectivity index (χ1v) is 6.43. The lowest BCUT2D eigenvalue weighted by atomic mass is 10.1. The highest BCUT2D eigenvalue weighted by atomic mass is 16.3. The van der Waals surface area contributed by atoms with E-state index in [4.69, 9.17) is 0 Å². The molecule has 1 saturated carbocycles. The van der Waals surface area contributed by atoms with Gasteiger partial charge in [0.05, 0.1) is 0 Å². The molecule has 0 aromatic heterocycles. The molecule has 102 valence electrons. The van der Waals surface area contributed by atoms with E-state index < -0.39 is 0 Å². The normalized spacial score (nSPS) is 13.9. The largest absolute Gasteiger partial charge is 0.508 e. The molecule has 1 aromatic rings. The summed E-state index contributed by atoms with van der Waals surface area (Å²) in [6, 6.07) is 4.93. The fourth-order valence-corrected chi connectivity index (χ4v) is 1.81. The number of nitrogens with one attached hydrogen (secondary N) is 2. The molecule has 0 bridgehead atoms. The van der Waals surface area contributed by atoms with Gasteiger partial charge in [-0.2, -0.15) is 0 Å². The van der Waals surface area contributed by atoms with Crippen molar-refractivity contribution in [3.05, 3.63) is 29.3 Å². The maximum atomic E-state index is 11.9. The highest BCUT2D eigenvalue weighted by molar-refractivity contribution is 5.96. The number of carbonyl (C=O) groups excluding carboxylic acids is 2. The predicted molar refractivity (Wildman–Crippen MR) is 71.0 cm³/mol. The van der Waals surface area contributed by atoms with Crippen molar-refractivity contribution in [3.8, 4) is 5.75 Å². The van der Waals surface area contributed by atoms with Gasteiger partial charge in [-0.25, -0.2) is 0 Å². The Kier molecular flexibility index (Phi) is 4.04. The molecule has 1 aliphatic rings. The van der Waals surface area contributed by atoms with Crippen molar-refractivity contribution in [1.82, 2.24) is 10.6 Å². The van der Waals surface area contributed by atoms with Gasteiger partial charge in [-0.15, -0.1) is 0 Å². The summed E-state index contributed by atoms with van der Waals surface area (Å²) in [7, 11) is 0. The molecule has 0 aliphatic heterocycles. The van der Waals surface area contributed by atoms with Crippen LogP contribution in [-0.4, -0.2) is 29.5 Å². The van der Waals surface area contributed by atoms with E-state index in [1.807, 2.05) is 0 Å². The molecule has 5 nitrogen and oxygen atoms in total. The Balaban J connectivity index is 1.78. The van der Waals surface area contributed by atoms with Gasteiger partial charge < -0.3 is 15.7 Å². The van der Waals surface area contributed by atoms with Crippen molar-refractivity contribution < 1.29 is 14.7 Å². The molecule has 2 amide bonds. The predicted octanol–water partition coefficient (Wildman–Crippen LogP) is 1.10. The van der Waals surface area contributed by atoms with Crippen LogP contribution >= 0.6 is 0 Å². The Bertz CT molecular complexity index is 495. The summed E-state index contributed by atoms with van der Waals surface area (Å²) in [5, 5.41) is 14.8. The van der Waals surface area contributed by atoms with E-state index in [2.05, 4.69) is 10.6 Å². The van der Waals surface area contributed by atoms with E-state index in [1.165, 1.54) is 12.1 Å². The first-order valence-electron chi connectivity index (χ1n) is 6.43. The first-order chi connectivity index (χ1) is 9.06. The van der Waals surface area contributed by atoms with E-state index in [0.29, 0.717) is 30.1 Å². The molecule has 0 unspecified atom stereocenters. The maximum absolute atomic E-state index is 11.9. The zero-order valence-corrected chi connectivity index (χ0v) is 10.9. The molecule has 0 saturated heterocycles. The Morgan fingerprint density at radius 1 is 1.37 bits per heavy atom. The Hall–Kier alpha value is -2.04. The molecule has 0 spiro atoms. The third kappa shape index (κ3) is 3.98. The summed E-state index contributed by atoms with van der Waals surface area (Å²) in [5.74, 6) is -0.111. The zero-order valence-electron chi connectivity index (χ0n) is 10.9. The lowest BCUT2D eigenvalue weighted by Crippen LogP contribution is -2.31. The molecule has 1 aromatic carbocycles. The van der Waals surface area contributed by atoms with Gasteiger partial charge in [0.1, 0.15) is 5.75 Å². The van der Waals surface area contributed by atoms with Crippen LogP contribution in [0.1, 0.15) is 35.2 Å². The van der Waals surface area contributed by atoms with Crippen LogP contribution in [0.3, 0.4) is 0 Å². The second kappa shape index (κ2) is 5.73. The van der Waals surface area contributed by atoms with Crippen LogP contribution in [0.2, 0.25) is 0 Å². The Labute approximate surface area is 112 Å². The smallest absolute Gasteiger partial charge is 0.251 e. The highest BCUT2D eigenvalue weighted by Crippen LogP contribution is 2.18. The average Bonchev–Trinajstić information content (AvgIpc) is 3.12. The number of amides is 2. The molecular weight excluding hydrogens is 244 g/mol. The number of aromatic hydroxyl groups is 1. The second-order valence-corrected chi connectivity index (χ2v) is 4.85. The van der Waals surface area contributed by atoms with Gasteiger partial charge >= 0.3 is 0 Å². The van der Waals surface area contributed by atoms with Gasteiger partial charge in [0, 0.05) is 24.6 Å². The van der Waals surface area contributed by atoms with E-state index in [9.17, 15) is 14.7 Å². The van der Waals surface area contributed by atoms with E-state index in [1.54, 1.807) is 13.0 Å². The quantitative estimate of drug-likeness (QED) is 0.743. The van der Waals surface area contributed by atoms with E-state index >= 15 is 0 Å². The lowest BCUT2D eigenvalue weighted by molar-refractivity contribution is -0.121. The van der Waals surface area contributed by atoms with Crippen molar-refractivity contribution in [2.75, 3.05) is 6.54 Å². The molecule has 5 heteroatoms. The first kappa shape index (κ1) is 13.4. The number of hydrogen-bond donors (Lipinski definition) is 3. The molecule has 1 aliphatic carbocycles. The third-order valence-electron chi connectivity index (χ3n) is 3.03. The van der Waals surface area contributed by atoms with Crippen LogP contribution in [0.4, 0.5) is 0 Å². The Morgan fingerprint density at radius 3 is 2.74 bits per heavy atom. The minimum absolute atomic E-state index is 0.0229. The van der Waals surface area contributed by atoms with Crippen LogP contribution in [0.5, 0.6) is 5.75 Å². The number of benzene rings is 1. The van der Waals surface area contributed by atoms with Crippen molar-refractivity contribution in [2.24, 2.45) is 0 Å². The SMILES string of the molecule is Cc1cc(O)ccc1C(=O)NCCC(=O)NC1CC1. The molecular formula is C14H18N2O3. The van der Waals surface area contributed by atoms with Gasteiger partial charge in [-0.1, -0.05) is 0 Å². The summed E-state index contributed by atoms with van der Waals surface area (Å²) in [4.78, 5) is 23.3. The molecule has 0 radical (unpaired) electrons. The molecule has 0 heterocycles. The summed E-state index contributed by atoms with van der Waals surface area (Å²) in [6.07, 6.45) is 2.41. The molecule has 3 N–H and O–H groups in total. The number of rotatable bonds is 5. The van der Waals surface area contributed by atoms with Crippen molar-refractivity contribution in [2.45, 2.75) is 32.2 Å². The van der Waals surface area contributed by atoms with Gasteiger partial charge in [0.15, 0.2) is 0 Å². The van der Waals surface area contributed by atoms with Gasteiger partial charge in [-0.05, 0) is 43.5 Å². The summed E-state index contributed by atoms with van der Waals surface area (Å²) >= 11 is 0. The van der Waals surface area contributed by atoms with Crippen LogP contribution in [0, 0.1) is 6.92 Å². The number of phenols is 1. The minimum atomic E-state index is -0.225. The van der Waals surface area contributed by atoms with Gasteiger partial charge in [0.25, 0.3) is 5.91 Å². The maximum Gasteiger partial charge on any atom is 0.251 e. The number of aryl methyl sites for hydroxylation is 1. The monoisotopic (exact) mass is 262 g/mol. The molecule has 2 rings (SSSR count). The van der Waals surface area contributed by atoms with Gasteiger partial charge in [0.2, 0.25) is 5.91 Å². The topological polar surface area (TPSA) is 78.4 Å². The third-order valence-corrected chi connectivity index (χ3v) is 3.03. The van der Waals surface area contributed by atoms with Crippen molar-refractivity contribution >= 4 is 11.8 Å². The van der Waals surface area contributed by atoms with Crippen LogP contribution in [-0.2, 0) is 4.79 Å². The number of hydrogen-bond acceptors (Lipinski definition) is 3. The standard InChI is InChI=1S/C14H18N2O3/c1-9-8-11(17)4-5-12(9)14(19)15-7-6-13(18)16-10-2-3-10/h4-5,8,10,17H,2-3,6-7H2,1H3,(H,15,19)(H,16,18). The number of carbonyl (C=O) groups is 2. The van der Waals surface area contributed by atoms with E-state index in [0.717, 1.165) is 12.8 Å². The molecule has 1 fully saturated rings. The lowest BCUT2D eigenvalue weighted by Gasteiger charge is -2.08. The summed E-state index contributed by atoms with van der Waals surface area (Å²) in [6.45, 7) is 2.08. The summed E-state index contributed by atoms with van der Waals surface area (Å²) in [5.41, 5.74) is 1.22. The summed E-state index contributed by atoms with van der Waals surface area (Å²) < 4.78 is 0. The zero-order chi connectivity index (χ0) is 13.8. The highest BCUT2D eigenvalue weighted by Gasteiger charge is 2.22. The fraction of sp³-hybridized carbons (Fsp3) is 0.429. The van der Waals surface area contributed by atoms with E-state index in [-0.39, 0.29) is 17.6 Å². The van der Waals surface area contributed by atoms with Crippen molar-refractivity contribution in [1.29, 1.82) is 0 Å². The van der Waals surface area contributed by atoms with Crippen molar-refractivity contribution in [3.63, 3.8) is 0 Å². The number of phenolic OH excluding ortho intramolecular Hbond substituents is 1. The minimum Gasteiger partial charge on any atom is -0.508 e. The van der Waals surface area contributed by atoms with Crippen LogP contribution in [0.15, 0.2) is 18.2 Å². The van der Waals surface area contributed by atoms with Crippen LogP contribution < -0.4 is 10.6 Å². The Morgan fingerprint density at radius 2 is 2.11 bits per heavy atom. The van der Waals surface area contributed by atoms with Crippen LogP contribution in [0.25, 0.3) is 0 Å². The second-order valence-electron chi connectivity index (χ2n) is 4.85. The molecule has 0 atom stereocenters. The van der Waals surface area contributed by atoms with Gasteiger partial charge in [-0.3, -0.25) is 9.59 Å². The fourth-order valence-electron chi connectivity index (χ4n) is 1.81.